The topological polar surface area (TPSA) is 98.3 Å². The first-order valence-corrected chi connectivity index (χ1v) is 14.1. The number of H-pyrrole nitrogens is 1. The summed E-state index contributed by atoms with van der Waals surface area (Å²) >= 11 is 0. The van der Waals surface area contributed by atoms with Gasteiger partial charge >= 0.3 is 6.03 Å². The largest absolute Gasteiger partial charge is 0.508 e. The smallest absolute Gasteiger partial charge is 0.326 e. The summed E-state index contributed by atoms with van der Waals surface area (Å²) in [4.78, 5) is 35.9. The number of amides is 2. The number of pyridine rings is 2. The summed E-state index contributed by atoms with van der Waals surface area (Å²) in [6.07, 6.45) is 3.33. The van der Waals surface area contributed by atoms with Crippen LogP contribution in [0, 0.1) is 5.92 Å². The molecule has 2 amide bonds. The van der Waals surface area contributed by atoms with E-state index in [0.29, 0.717) is 23.8 Å². The van der Waals surface area contributed by atoms with Crippen LogP contribution in [-0.2, 0) is 0 Å². The molecule has 7 heteroatoms. The van der Waals surface area contributed by atoms with E-state index >= 15 is 0 Å². The lowest BCUT2D eigenvalue weighted by atomic mass is 9.88. The van der Waals surface area contributed by atoms with Crippen LogP contribution in [-0.4, -0.2) is 27.7 Å². The zero-order valence-corrected chi connectivity index (χ0v) is 24.3. The Labute approximate surface area is 236 Å². The third-order valence-electron chi connectivity index (χ3n) is 7.15. The van der Waals surface area contributed by atoms with Gasteiger partial charge in [-0.05, 0) is 95.3 Å². The van der Waals surface area contributed by atoms with Gasteiger partial charge < -0.3 is 15.4 Å². The van der Waals surface area contributed by atoms with Crippen LogP contribution in [0.4, 0.5) is 16.2 Å². The highest BCUT2D eigenvalue weighted by atomic mass is 16.3. The minimum absolute atomic E-state index is 0.120. The maximum absolute atomic E-state index is 14.0. The number of aromatic hydroxyl groups is 1. The number of carbonyl (C=O) groups excluding carboxylic acids is 1. The zero-order valence-electron chi connectivity index (χ0n) is 24.3. The van der Waals surface area contributed by atoms with E-state index in [0.717, 1.165) is 46.2 Å². The molecule has 4 aromatic rings. The monoisotopic (exact) mass is 540 g/mol. The lowest BCUT2D eigenvalue weighted by Gasteiger charge is -2.27. The number of hydrogen-bond donors (Lipinski definition) is 3. The Morgan fingerprint density at radius 1 is 0.950 bits per heavy atom. The number of benzene rings is 2. The Balaban J connectivity index is 1.79. The molecule has 0 radical (unpaired) electrons. The summed E-state index contributed by atoms with van der Waals surface area (Å²) < 4.78 is 0. The van der Waals surface area contributed by atoms with Crippen LogP contribution >= 0.6 is 0 Å². The average Bonchev–Trinajstić information content (AvgIpc) is 2.90. The Bertz CT molecular complexity index is 1530. The summed E-state index contributed by atoms with van der Waals surface area (Å²) in [6.45, 7) is 13.1. The summed E-state index contributed by atoms with van der Waals surface area (Å²) in [6, 6.07) is 16.5. The molecule has 2 heterocycles. The number of hydrogen-bond acceptors (Lipinski definition) is 4. The fourth-order valence-electron chi connectivity index (χ4n) is 4.98. The van der Waals surface area contributed by atoms with Crippen LogP contribution in [0.5, 0.6) is 5.75 Å². The van der Waals surface area contributed by atoms with Crippen LogP contribution in [0.2, 0.25) is 0 Å². The van der Waals surface area contributed by atoms with E-state index in [1.165, 1.54) is 0 Å². The molecule has 0 fully saturated rings. The summed E-state index contributed by atoms with van der Waals surface area (Å²) in [5.74, 6) is 0.929. The van der Waals surface area contributed by atoms with E-state index in [2.05, 4.69) is 69.0 Å². The first-order valence-electron chi connectivity index (χ1n) is 14.1. The molecule has 0 aliphatic heterocycles. The van der Waals surface area contributed by atoms with Crippen LogP contribution in [0.25, 0.3) is 22.2 Å². The van der Waals surface area contributed by atoms with Gasteiger partial charge in [-0.3, -0.25) is 9.69 Å². The molecule has 210 valence electrons. The van der Waals surface area contributed by atoms with Crippen LogP contribution in [0.1, 0.15) is 77.3 Å². The van der Waals surface area contributed by atoms with Crippen molar-refractivity contribution in [2.45, 2.75) is 66.2 Å². The Morgan fingerprint density at radius 2 is 1.65 bits per heavy atom. The molecule has 0 aliphatic carbocycles. The number of urea groups is 1. The van der Waals surface area contributed by atoms with Gasteiger partial charge in [0.05, 0.1) is 0 Å². The molecule has 4 rings (SSSR count). The summed E-state index contributed by atoms with van der Waals surface area (Å²) in [5.41, 5.74) is 5.10. The molecule has 40 heavy (non-hydrogen) atoms. The number of fused-ring (bicyclic) bond motifs is 1. The minimum Gasteiger partial charge on any atom is -0.508 e. The third kappa shape index (κ3) is 6.53. The second kappa shape index (κ2) is 12.4. The third-order valence-corrected chi connectivity index (χ3v) is 7.15. The van der Waals surface area contributed by atoms with Gasteiger partial charge in [-0.1, -0.05) is 53.7 Å². The molecule has 3 N–H and O–H groups in total. The summed E-state index contributed by atoms with van der Waals surface area (Å²) in [5, 5.41) is 14.1. The number of aromatic nitrogens is 2. The van der Waals surface area contributed by atoms with Gasteiger partial charge in [0.15, 0.2) is 0 Å². The van der Waals surface area contributed by atoms with Crippen molar-refractivity contribution in [1.82, 2.24) is 9.97 Å². The molecule has 0 saturated carbocycles. The Kier molecular flexibility index (Phi) is 8.93. The van der Waals surface area contributed by atoms with Crippen LogP contribution in [0.15, 0.2) is 65.6 Å². The maximum atomic E-state index is 14.0. The lowest BCUT2D eigenvalue weighted by Crippen LogP contribution is -2.39. The second-order valence-electron chi connectivity index (χ2n) is 11.4. The van der Waals surface area contributed by atoms with Gasteiger partial charge in [0.25, 0.3) is 5.56 Å². The average molecular weight is 541 g/mol. The number of phenolic OH excluding ortho intramolecular Hbond substituents is 1. The predicted molar refractivity (Wildman–Crippen MR) is 165 cm³/mol. The fraction of sp³-hybridized carbons (Fsp3) is 0.364. The lowest BCUT2D eigenvalue weighted by molar-refractivity contribution is 0.256. The minimum atomic E-state index is -0.349. The molecule has 0 spiro atoms. The van der Waals surface area contributed by atoms with Gasteiger partial charge in [-0.15, -0.1) is 0 Å². The highest BCUT2D eigenvalue weighted by molar-refractivity contribution is 6.03. The second-order valence-corrected chi connectivity index (χ2v) is 11.4. The predicted octanol–water partition coefficient (Wildman–Crippen LogP) is 8.02. The molecule has 0 atom stereocenters. The van der Waals surface area contributed by atoms with Crippen molar-refractivity contribution >= 4 is 28.4 Å². The quantitative estimate of drug-likeness (QED) is 0.200. The van der Waals surface area contributed by atoms with Crippen molar-refractivity contribution in [2.24, 2.45) is 5.92 Å². The first-order chi connectivity index (χ1) is 19.0. The SMILES string of the molecule is CC(C)CCCN(C(=O)Nc1c(C(C)C)cc(-c2cccc(O)c2)cc1C(C)C)c1cc2cccnc2[nH]c1=O. The van der Waals surface area contributed by atoms with E-state index in [4.69, 9.17) is 0 Å². The molecule has 2 aromatic heterocycles. The number of anilines is 2. The summed E-state index contributed by atoms with van der Waals surface area (Å²) in [7, 11) is 0. The normalized spacial score (nSPS) is 11.5. The number of rotatable bonds is 9. The molecule has 2 aromatic carbocycles. The molecule has 7 nitrogen and oxygen atoms in total. The fourth-order valence-corrected chi connectivity index (χ4v) is 4.98. The first kappa shape index (κ1) is 28.9. The Morgan fingerprint density at radius 3 is 2.27 bits per heavy atom. The van der Waals surface area contributed by atoms with Crippen molar-refractivity contribution in [3.63, 3.8) is 0 Å². The van der Waals surface area contributed by atoms with Gasteiger partial charge in [0.1, 0.15) is 17.1 Å². The molecule has 0 aliphatic rings. The highest BCUT2D eigenvalue weighted by Gasteiger charge is 2.24. The number of carbonyl (C=O) groups is 1. The van der Waals surface area contributed by atoms with Crippen LogP contribution in [0.3, 0.4) is 0 Å². The van der Waals surface area contributed by atoms with Gasteiger partial charge in [0, 0.05) is 23.8 Å². The molecule has 0 unspecified atom stereocenters. The van der Waals surface area contributed by atoms with Gasteiger partial charge in [-0.2, -0.15) is 0 Å². The van der Waals surface area contributed by atoms with E-state index in [1.54, 1.807) is 29.3 Å². The molecular weight excluding hydrogens is 500 g/mol. The zero-order chi connectivity index (χ0) is 29.0. The van der Waals surface area contributed by atoms with Crippen molar-refractivity contribution in [1.29, 1.82) is 0 Å². The number of nitrogens with zero attached hydrogens (tertiary/aromatic N) is 2. The molecule has 0 saturated heterocycles. The highest BCUT2D eigenvalue weighted by Crippen LogP contribution is 2.38. The van der Waals surface area contributed by atoms with Crippen molar-refractivity contribution in [2.75, 3.05) is 16.8 Å². The number of phenols is 1. The van der Waals surface area contributed by atoms with E-state index in [9.17, 15) is 14.7 Å². The van der Waals surface area contributed by atoms with Gasteiger partial charge in [-0.25, -0.2) is 9.78 Å². The molecular formula is C33H40N4O3. The van der Waals surface area contributed by atoms with Crippen molar-refractivity contribution < 1.29 is 9.90 Å². The van der Waals surface area contributed by atoms with E-state index in [-0.39, 0.29) is 29.2 Å². The Hall–Kier alpha value is -4.13. The maximum Gasteiger partial charge on any atom is 0.326 e. The van der Waals surface area contributed by atoms with Crippen LogP contribution < -0.4 is 15.8 Å². The van der Waals surface area contributed by atoms with Gasteiger partial charge in [0.2, 0.25) is 0 Å². The molecule has 0 bridgehead atoms. The number of aromatic amines is 1. The van der Waals surface area contributed by atoms with E-state index < -0.39 is 0 Å². The van der Waals surface area contributed by atoms with E-state index in [1.807, 2.05) is 24.3 Å². The van der Waals surface area contributed by atoms with Crippen molar-refractivity contribution in [3.05, 3.63) is 82.3 Å². The standard InChI is InChI=1S/C33H40N4O3/c1-20(2)10-9-15-37(29-19-24-12-8-14-34-31(24)36-32(29)39)33(40)35-30-27(21(3)4)17-25(18-28(30)22(5)6)23-11-7-13-26(38)16-23/h7-8,11-14,16-22,38H,9-10,15H2,1-6H3,(H,35,40)(H,34,36,39). The van der Waals surface area contributed by atoms with Crippen molar-refractivity contribution in [3.8, 4) is 16.9 Å². The number of nitrogens with one attached hydrogen (secondary N) is 2.